The Kier molecular flexibility index (Phi) is 7.91. The summed E-state index contributed by atoms with van der Waals surface area (Å²) in [5.41, 5.74) is 0. The van der Waals surface area contributed by atoms with Crippen LogP contribution in [0.3, 0.4) is 0 Å². The summed E-state index contributed by atoms with van der Waals surface area (Å²) < 4.78 is 17.6. The fourth-order valence-corrected chi connectivity index (χ4v) is 6.54. The molecule has 4 heteroatoms. The quantitative estimate of drug-likeness (QED) is 0.473. The number of ether oxygens (including phenoxy) is 3. The molecule has 0 amide bonds. The molecule has 0 spiro atoms. The largest absolute Gasteiger partial charge is 0.463 e. The zero-order chi connectivity index (χ0) is 20.1. The summed E-state index contributed by atoms with van der Waals surface area (Å²) in [6.45, 7) is 3.22. The van der Waals surface area contributed by atoms with E-state index >= 15 is 0 Å². The lowest BCUT2D eigenvalue weighted by molar-refractivity contribution is -0.151. The monoisotopic (exact) mass is 406 g/mol. The molecule has 5 atom stereocenters. The molecule has 3 saturated carbocycles. The number of esters is 1. The van der Waals surface area contributed by atoms with Crippen LogP contribution < -0.4 is 0 Å². The van der Waals surface area contributed by atoms with Gasteiger partial charge in [-0.25, -0.2) is 0 Å². The molecule has 1 aliphatic heterocycles. The summed E-state index contributed by atoms with van der Waals surface area (Å²) in [5.74, 6) is 3.74. The van der Waals surface area contributed by atoms with Crippen molar-refractivity contribution in [1.82, 2.24) is 0 Å². The average molecular weight is 407 g/mol. The van der Waals surface area contributed by atoms with Crippen molar-refractivity contribution in [2.24, 2.45) is 29.6 Å². The highest BCUT2D eigenvalue weighted by Gasteiger charge is 2.40. The van der Waals surface area contributed by atoms with Crippen molar-refractivity contribution in [3.05, 3.63) is 0 Å². The lowest BCUT2D eigenvalue weighted by Crippen LogP contribution is -2.34. The van der Waals surface area contributed by atoms with E-state index in [4.69, 9.17) is 14.2 Å². The Balaban J connectivity index is 1.10. The Morgan fingerprint density at radius 2 is 1.76 bits per heavy atom. The number of carbonyl (C=O) groups excluding carboxylic acids is 1. The van der Waals surface area contributed by atoms with E-state index in [0.29, 0.717) is 31.5 Å². The Hall–Kier alpha value is -0.610. The molecule has 0 aromatic carbocycles. The van der Waals surface area contributed by atoms with Crippen LogP contribution in [-0.2, 0) is 19.0 Å². The molecular weight excluding hydrogens is 364 g/mol. The summed E-state index contributed by atoms with van der Waals surface area (Å²) >= 11 is 0. The van der Waals surface area contributed by atoms with Crippen molar-refractivity contribution in [2.75, 3.05) is 13.2 Å². The Morgan fingerprint density at radius 1 is 1.00 bits per heavy atom. The van der Waals surface area contributed by atoms with Crippen LogP contribution in [0.25, 0.3) is 0 Å². The molecule has 4 fully saturated rings. The summed E-state index contributed by atoms with van der Waals surface area (Å²) in [5, 5.41) is 0. The molecule has 4 rings (SSSR count). The van der Waals surface area contributed by atoms with Gasteiger partial charge in [-0.15, -0.1) is 0 Å². The third kappa shape index (κ3) is 6.43. The Morgan fingerprint density at radius 3 is 2.52 bits per heavy atom. The van der Waals surface area contributed by atoms with Gasteiger partial charge in [-0.3, -0.25) is 4.79 Å². The number of fused-ring (bicyclic) bond motifs is 2. The molecule has 5 unspecified atom stereocenters. The molecule has 29 heavy (non-hydrogen) atoms. The van der Waals surface area contributed by atoms with E-state index < -0.39 is 0 Å². The second kappa shape index (κ2) is 10.6. The van der Waals surface area contributed by atoms with E-state index in [2.05, 4.69) is 6.92 Å². The normalized spacial score (nSPS) is 36.7. The first kappa shape index (κ1) is 21.6. The van der Waals surface area contributed by atoms with Gasteiger partial charge in [0, 0.05) is 12.3 Å². The van der Waals surface area contributed by atoms with Crippen LogP contribution in [0.15, 0.2) is 0 Å². The van der Waals surface area contributed by atoms with Gasteiger partial charge in [-0.2, -0.15) is 0 Å². The third-order valence-electron chi connectivity index (χ3n) is 8.05. The first-order chi connectivity index (χ1) is 14.2. The van der Waals surface area contributed by atoms with Crippen LogP contribution in [0.4, 0.5) is 0 Å². The molecule has 166 valence electrons. The van der Waals surface area contributed by atoms with E-state index in [-0.39, 0.29) is 18.4 Å². The Bertz CT molecular complexity index is 503. The lowest BCUT2D eigenvalue weighted by Gasteiger charge is -2.40. The molecule has 0 aromatic rings. The highest BCUT2D eigenvalue weighted by Crippen LogP contribution is 2.45. The molecule has 1 saturated heterocycles. The predicted molar refractivity (Wildman–Crippen MR) is 113 cm³/mol. The standard InChI is InChI=1S/C25H42O4/c1-18(12-19-6-3-2-4-7-19)10-11-24(26)27-16-23-17-28-25(29-23)22-14-20-8-5-9-21(13-20)15-22/h18-23,25H,2-17H2,1H3. The first-order valence-electron chi connectivity index (χ1n) is 12.6. The summed E-state index contributed by atoms with van der Waals surface area (Å²) in [4.78, 5) is 12.2. The second-order valence-corrected chi connectivity index (χ2v) is 10.7. The maximum atomic E-state index is 12.2. The topological polar surface area (TPSA) is 44.8 Å². The average Bonchev–Trinajstić information content (AvgIpc) is 3.20. The highest BCUT2D eigenvalue weighted by atomic mass is 16.7. The van der Waals surface area contributed by atoms with Gasteiger partial charge in [0.1, 0.15) is 12.7 Å². The van der Waals surface area contributed by atoms with Gasteiger partial charge in [0.2, 0.25) is 0 Å². The molecule has 0 aromatic heterocycles. The minimum absolute atomic E-state index is 0.0697. The molecule has 4 nitrogen and oxygen atoms in total. The van der Waals surface area contributed by atoms with Crippen LogP contribution >= 0.6 is 0 Å². The highest BCUT2D eigenvalue weighted by molar-refractivity contribution is 5.69. The van der Waals surface area contributed by atoms with Crippen molar-refractivity contribution in [3.8, 4) is 0 Å². The van der Waals surface area contributed by atoms with Crippen molar-refractivity contribution in [1.29, 1.82) is 0 Å². The fourth-order valence-electron chi connectivity index (χ4n) is 6.54. The maximum absolute atomic E-state index is 12.2. The van der Waals surface area contributed by atoms with E-state index in [0.717, 1.165) is 24.2 Å². The molecule has 0 radical (unpaired) electrons. The van der Waals surface area contributed by atoms with E-state index in [1.165, 1.54) is 77.0 Å². The van der Waals surface area contributed by atoms with Crippen LogP contribution in [0.5, 0.6) is 0 Å². The summed E-state index contributed by atoms with van der Waals surface area (Å²) in [6.07, 6.45) is 17.7. The van der Waals surface area contributed by atoms with Crippen LogP contribution in [-0.4, -0.2) is 31.6 Å². The Labute approximate surface area is 177 Å². The minimum atomic E-state index is -0.0784. The van der Waals surface area contributed by atoms with Gasteiger partial charge in [-0.05, 0) is 55.8 Å². The van der Waals surface area contributed by atoms with Gasteiger partial charge in [0.15, 0.2) is 6.29 Å². The lowest BCUT2D eigenvalue weighted by atomic mass is 9.68. The van der Waals surface area contributed by atoms with Crippen LogP contribution in [0.1, 0.15) is 96.8 Å². The first-order valence-corrected chi connectivity index (χ1v) is 12.6. The predicted octanol–water partition coefficient (Wildman–Crippen LogP) is 5.87. The van der Waals surface area contributed by atoms with Gasteiger partial charge in [0.05, 0.1) is 6.61 Å². The number of carbonyl (C=O) groups is 1. The molecule has 2 bridgehead atoms. The minimum Gasteiger partial charge on any atom is -0.463 e. The molecule has 4 aliphatic rings. The number of rotatable bonds is 8. The van der Waals surface area contributed by atoms with Gasteiger partial charge in [0.25, 0.3) is 0 Å². The fraction of sp³-hybridized carbons (Fsp3) is 0.960. The zero-order valence-corrected chi connectivity index (χ0v) is 18.5. The van der Waals surface area contributed by atoms with Gasteiger partial charge < -0.3 is 14.2 Å². The van der Waals surface area contributed by atoms with E-state index in [1.807, 2.05) is 0 Å². The second-order valence-electron chi connectivity index (χ2n) is 10.7. The smallest absolute Gasteiger partial charge is 0.305 e. The summed E-state index contributed by atoms with van der Waals surface area (Å²) in [7, 11) is 0. The van der Waals surface area contributed by atoms with Gasteiger partial charge in [-0.1, -0.05) is 58.3 Å². The SMILES string of the molecule is CC(CCC(=O)OCC1COC(C2CC3CCCC(C3)C2)O1)CC1CCCCC1. The van der Waals surface area contributed by atoms with Crippen molar-refractivity contribution in [3.63, 3.8) is 0 Å². The number of hydrogen-bond donors (Lipinski definition) is 0. The number of hydrogen-bond acceptors (Lipinski definition) is 4. The molecule has 0 N–H and O–H groups in total. The van der Waals surface area contributed by atoms with Crippen LogP contribution in [0.2, 0.25) is 0 Å². The van der Waals surface area contributed by atoms with Crippen molar-refractivity contribution < 1.29 is 19.0 Å². The molecule has 1 heterocycles. The maximum Gasteiger partial charge on any atom is 0.305 e. The van der Waals surface area contributed by atoms with Gasteiger partial charge >= 0.3 is 5.97 Å². The van der Waals surface area contributed by atoms with Crippen molar-refractivity contribution >= 4 is 5.97 Å². The van der Waals surface area contributed by atoms with E-state index in [1.54, 1.807) is 0 Å². The molecular formula is C25H42O4. The summed E-state index contributed by atoms with van der Waals surface area (Å²) in [6, 6.07) is 0. The third-order valence-corrected chi connectivity index (χ3v) is 8.05. The van der Waals surface area contributed by atoms with Crippen LogP contribution in [0, 0.1) is 29.6 Å². The zero-order valence-electron chi connectivity index (χ0n) is 18.5. The molecule has 3 aliphatic carbocycles. The van der Waals surface area contributed by atoms with Crippen molar-refractivity contribution in [2.45, 2.75) is 109 Å². The van der Waals surface area contributed by atoms with E-state index in [9.17, 15) is 4.79 Å².